The predicted molar refractivity (Wildman–Crippen MR) is 110 cm³/mol. The SMILES string of the molecule is Cc1nc2sccn2c1/C=N\Nc1ccc(S(=O)(=O)N2CCCC2)cc1[N+](=O)[O-]. The van der Waals surface area contributed by atoms with Crippen molar-refractivity contribution in [1.82, 2.24) is 13.7 Å². The maximum absolute atomic E-state index is 12.7. The first kappa shape index (κ1) is 19.5. The van der Waals surface area contributed by atoms with E-state index in [2.05, 4.69) is 15.5 Å². The lowest BCUT2D eigenvalue weighted by Gasteiger charge is -2.15. The largest absolute Gasteiger partial charge is 0.295 e. The summed E-state index contributed by atoms with van der Waals surface area (Å²) >= 11 is 1.49. The van der Waals surface area contributed by atoms with Gasteiger partial charge in [0, 0.05) is 30.7 Å². The number of aryl methyl sites for hydroxylation is 1. The van der Waals surface area contributed by atoms with Gasteiger partial charge >= 0.3 is 0 Å². The van der Waals surface area contributed by atoms with Crippen LogP contribution in [0.25, 0.3) is 4.96 Å². The fraction of sp³-hybridized carbons (Fsp3) is 0.294. The highest BCUT2D eigenvalue weighted by atomic mass is 32.2. The summed E-state index contributed by atoms with van der Waals surface area (Å²) in [5.74, 6) is 0. The Bertz CT molecular complexity index is 1210. The van der Waals surface area contributed by atoms with Crippen LogP contribution in [-0.4, -0.2) is 46.3 Å². The summed E-state index contributed by atoms with van der Waals surface area (Å²) in [4.78, 5) is 16.0. The summed E-state index contributed by atoms with van der Waals surface area (Å²) in [6.07, 6.45) is 4.98. The number of hydrazone groups is 1. The Balaban J connectivity index is 1.61. The van der Waals surface area contributed by atoms with E-state index in [0.717, 1.165) is 35.3 Å². The number of nitrogens with one attached hydrogen (secondary N) is 1. The van der Waals surface area contributed by atoms with Crippen molar-refractivity contribution in [3.8, 4) is 0 Å². The first-order valence-electron chi connectivity index (χ1n) is 8.88. The number of thiazole rings is 1. The lowest BCUT2D eigenvalue weighted by Crippen LogP contribution is -2.27. The van der Waals surface area contributed by atoms with Crippen LogP contribution in [0.1, 0.15) is 24.2 Å². The van der Waals surface area contributed by atoms with E-state index < -0.39 is 14.9 Å². The minimum Gasteiger partial charge on any atom is -0.289 e. The molecule has 0 radical (unpaired) electrons. The maximum Gasteiger partial charge on any atom is 0.295 e. The van der Waals surface area contributed by atoms with Gasteiger partial charge in [0.05, 0.1) is 27.4 Å². The van der Waals surface area contributed by atoms with Gasteiger partial charge in [-0.1, -0.05) is 0 Å². The molecule has 0 amide bonds. The molecular weight excluding hydrogens is 416 g/mol. The van der Waals surface area contributed by atoms with Gasteiger partial charge < -0.3 is 0 Å². The molecule has 1 aliphatic rings. The van der Waals surface area contributed by atoms with Crippen molar-refractivity contribution in [3.05, 3.63) is 51.3 Å². The highest BCUT2D eigenvalue weighted by Crippen LogP contribution is 2.30. The number of sulfonamides is 1. The van der Waals surface area contributed by atoms with Gasteiger partial charge in [0.1, 0.15) is 5.69 Å². The first-order chi connectivity index (χ1) is 13.9. The number of benzene rings is 1. The van der Waals surface area contributed by atoms with Gasteiger partial charge in [-0.3, -0.25) is 19.9 Å². The molecule has 1 fully saturated rings. The van der Waals surface area contributed by atoms with E-state index >= 15 is 0 Å². The number of hydrogen-bond donors (Lipinski definition) is 1. The molecule has 3 aromatic rings. The van der Waals surface area contributed by atoms with Crippen molar-refractivity contribution in [1.29, 1.82) is 0 Å². The second-order valence-corrected chi connectivity index (χ2v) is 9.37. The van der Waals surface area contributed by atoms with Crippen LogP contribution in [0.5, 0.6) is 0 Å². The molecule has 2 aromatic heterocycles. The minimum absolute atomic E-state index is 0.0905. The molecule has 1 N–H and O–H groups in total. The molecule has 0 unspecified atom stereocenters. The molecular formula is C17H18N6O4S2. The van der Waals surface area contributed by atoms with E-state index in [1.54, 1.807) is 0 Å². The fourth-order valence-electron chi connectivity index (χ4n) is 3.22. The Hall–Kier alpha value is -2.83. The molecule has 0 spiro atoms. The standard InChI is InChI=1S/C17H18N6O4S2/c1-12-16(22-8-9-28-17(22)19-12)11-18-20-14-5-4-13(10-15(14)23(24)25)29(26,27)21-6-2-3-7-21/h4-5,8-11,20H,2-3,6-7H2,1H3/b18-11-. The summed E-state index contributed by atoms with van der Waals surface area (Å²) in [7, 11) is -3.74. The van der Waals surface area contributed by atoms with E-state index in [-0.39, 0.29) is 16.3 Å². The Morgan fingerprint density at radius 2 is 2.10 bits per heavy atom. The van der Waals surface area contributed by atoms with Gasteiger partial charge in [-0.25, -0.2) is 13.4 Å². The second-order valence-electron chi connectivity index (χ2n) is 6.56. The molecule has 3 heterocycles. The van der Waals surface area contributed by atoms with E-state index in [1.807, 2.05) is 22.9 Å². The third-order valence-corrected chi connectivity index (χ3v) is 7.37. The van der Waals surface area contributed by atoms with Crippen LogP contribution < -0.4 is 5.43 Å². The topological polar surface area (TPSA) is 122 Å². The Labute approximate surface area is 170 Å². The summed E-state index contributed by atoms with van der Waals surface area (Å²) in [6, 6.07) is 3.80. The highest BCUT2D eigenvalue weighted by Gasteiger charge is 2.29. The molecule has 4 rings (SSSR count). The third-order valence-electron chi connectivity index (χ3n) is 4.72. The molecule has 10 nitrogen and oxygen atoms in total. The number of rotatable bonds is 6. The first-order valence-corrected chi connectivity index (χ1v) is 11.2. The van der Waals surface area contributed by atoms with Gasteiger partial charge in [0.25, 0.3) is 5.69 Å². The normalized spacial score (nSPS) is 15.5. The average Bonchev–Trinajstić information content (AvgIpc) is 3.41. The second kappa shape index (κ2) is 7.54. The quantitative estimate of drug-likeness (QED) is 0.362. The van der Waals surface area contributed by atoms with Crippen molar-refractivity contribution in [3.63, 3.8) is 0 Å². The molecule has 12 heteroatoms. The fourth-order valence-corrected chi connectivity index (χ4v) is 5.53. The van der Waals surface area contributed by atoms with Crippen LogP contribution in [-0.2, 0) is 10.0 Å². The highest BCUT2D eigenvalue weighted by molar-refractivity contribution is 7.89. The third kappa shape index (κ3) is 3.61. The van der Waals surface area contributed by atoms with E-state index in [4.69, 9.17) is 0 Å². The van der Waals surface area contributed by atoms with Gasteiger partial charge in [0.2, 0.25) is 10.0 Å². The molecule has 1 saturated heterocycles. The number of anilines is 1. The van der Waals surface area contributed by atoms with Crippen LogP contribution in [0.2, 0.25) is 0 Å². The van der Waals surface area contributed by atoms with Gasteiger partial charge in [-0.2, -0.15) is 9.41 Å². The molecule has 152 valence electrons. The number of nitro groups is 1. The maximum atomic E-state index is 12.7. The number of hydrogen-bond acceptors (Lipinski definition) is 8. The number of aromatic nitrogens is 2. The van der Waals surface area contributed by atoms with Crippen molar-refractivity contribution in [2.24, 2.45) is 5.10 Å². The van der Waals surface area contributed by atoms with Crippen molar-refractivity contribution in [2.45, 2.75) is 24.7 Å². The summed E-state index contributed by atoms with van der Waals surface area (Å²) < 4.78 is 28.6. The number of fused-ring (bicyclic) bond motifs is 1. The van der Waals surface area contributed by atoms with Crippen LogP contribution in [0, 0.1) is 17.0 Å². The molecule has 0 saturated carbocycles. The Kier molecular flexibility index (Phi) is 5.06. The minimum atomic E-state index is -3.74. The molecule has 29 heavy (non-hydrogen) atoms. The molecule has 0 aliphatic carbocycles. The monoisotopic (exact) mass is 434 g/mol. The summed E-state index contributed by atoms with van der Waals surface area (Å²) in [5.41, 5.74) is 3.94. The number of imidazole rings is 1. The summed E-state index contributed by atoms with van der Waals surface area (Å²) in [5, 5.41) is 17.5. The zero-order chi connectivity index (χ0) is 20.6. The van der Waals surface area contributed by atoms with Crippen molar-refractivity contribution >= 4 is 43.9 Å². The smallest absolute Gasteiger partial charge is 0.289 e. The Morgan fingerprint density at radius 3 is 2.83 bits per heavy atom. The van der Waals surface area contributed by atoms with Crippen LogP contribution in [0.3, 0.4) is 0 Å². The molecule has 0 bridgehead atoms. The zero-order valence-corrected chi connectivity index (χ0v) is 17.1. The van der Waals surface area contributed by atoms with E-state index in [0.29, 0.717) is 13.1 Å². The van der Waals surface area contributed by atoms with E-state index in [1.165, 1.54) is 34.0 Å². The lowest BCUT2D eigenvalue weighted by molar-refractivity contribution is -0.384. The van der Waals surface area contributed by atoms with Gasteiger partial charge in [-0.15, -0.1) is 11.3 Å². The van der Waals surface area contributed by atoms with Gasteiger partial charge in [-0.05, 0) is 31.9 Å². The molecule has 0 atom stereocenters. The van der Waals surface area contributed by atoms with Crippen molar-refractivity contribution < 1.29 is 13.3 Å². The van der Waals surface area contributed by atoms with Crippen molar-refractivity contribution in [2.75, 3.05) is 18.5 Å². The predicted octanol–water partition coefficient (Wildman–Crippen LogP) is 2.84. The van der Waals surface area contributed by atoms with Gasteiger partial charge in [0.15, 0.2) is 4.96 Å². The Morgan fingerprint density at radius 1 is 1.34 bits per heavy atom. The van der Waals surface area contributed by atoms with Crippen LogP contribution in [0.4, 0.5) is 11.4 Å². The lowest BCUT2D eigenvalue weighted by atomic mass is 10.3. The number of nitro benzene ring substituents is 1. The number of nitrogens with zero attached hydrogens (tertiary/aromatic N) is 5. The zero-order valence-electron chi connectivity index (χ0n) is 15.5. The van der Waals surface area contributed by atoms with Crippen LogP contribution in [0.15, 0.2) is 39.8 Å². The van der Waals surface area contributed by atoms with Crippen LogP contribution >= 0.6 is 11.3 Å². The van der Waals surface area contributed by atoms with E-state index in [9.17, 15) is 18.5 Å². The molecule has 1 aromatic carbocycles. The summed E-state index contributed by atoms with van der Waals surface area (Å²) in [6.45, 7) is 2.71. The molecule has 1 aliphatic heterocycles. The average molecular weight is 435 g/mol.